The van der Waals surface area contributed by atoms with Crippen molar-refractivity contribution in [3.63, 3.8) is 0 Å². The fourth-order valence-electron chi connectivity index (χ4n) is 2.72. The van der Waals surface area contributed by atoms with E-state index in [9.17, 15) is 4.21 Å². The van der Waals surface area contributed by atoms with Crippen LogP contribution in [0.15, 0.2) is 0 Å². The third kappa shape index (κ3) is 2.92. The van der Waals surface area contributed by atoms with Crippen molar-refractivity contribution < 1.29 is 31.5 Å². The number of ether oxygens (including phenoxy) is 4. The molecule has 0 N–H and O–H groups in total. The molecule has 116 valence electrons. The van der Waals surface area contributed by atoms with E-state index in [0.717, 1.165) is 0 Å². The lowest BCUT2D eigenvalue weighted by Gasteiger charge is -2.27. The molecule has 1 unspecified atom stereocenters. The van der Waals surface area contributed by atoms with E-state index >= 15 is 0 Å². The Kier molecular flexibility index (Phi) is 3.69. The maximum absolute atomic E-state index is 11.7. The van der Waals surface area contributed by atoms with Crippen molar-refractivity contribution in [1.82, 2.24) is 0 Å². The van der Waals surface area contributed by atoms with Gasteiger partial charge in [0.2, 0.25) is 0 Å². The van der Waals surface area contributed by atoms with E-state index in [4.69, 9.17) is 27.3 Å². The summed E-state index contributed by atoms with van der Waals surface area (Å²) in [4.78, 5) is 0. The van der Waals surface area contributed by atoms with Gasteiger partial charge in [-0.2, -0.15) is 4.21 Å². The van der Waals surface area contributed by atoms with E-state index in [0.29, 0.717) is 6.61 Å². The van der Waals surface area contributed by atoms with Gasteiger partial charge in [0.05, 0.1) is 13.2 Å². The second kappa shape index (κ2) is 4.98. The molecule has 3 fully saturated rings. The van der Waals surface area contributed by atoms with Crippen LogP contribution in [0, 0.1) is 0 Å². The fraction of sp³-hybridized carbons (Fsp3) is 1.00. The Hall–Kier alpha value is -0.0900. The largest absolute Gasteiger partial charge is 0.348 e. The van der Waals surface area contributed by atoms with Crippen LogP contribution in [-0.4, -0.2) is 53.4 Å². The zero-order chi connectivity index (χ0) is 14.5. The zero-order valence-electron chi connectivity index (χ0n) is 12.0. The minimum absolute atomic E-state index is 0.161. The van der Waals surface area contributed by atoms with Crippen LogP contribution in [0.4, 0.5) is 0 Å². The molecule has 3 aliphatic rings. The van der Waals surface area contributed by atoms with Crippen molar-refractivity contribution in [3.8, 4) is 0 Å². The van der Waals surface area contributed by atoms with Crippen LogP contribution < -0.4 is 0 Å². The van der Waals surface area contributed by atoms with Crippen molar-refractivity contribution in [1.29, 1.82) is 0 Å². The lowest BCUT2D eigenvalue weighted by molar-refractivity contribution is -0.175. The summed E-state index contributed by atoms with van der Waals surface area (Å²) >= 11 is -1.84. The van der Waals surface area contributed by atoms with Gasteiger partial charge in [0.15, 0.2) is 11.6 Å². The van der Waals surface area contributed by atoms with Gasteiger partial charge in [-0.15, -0.1) is 0 Å². The van der Waals surface area contributed by atoms with Crippen molar-refractivity contribution in [2.24, 2.45) is 0 Å². The quantitative estimate of drug-likeness (QED) is 0.704. The van der Waals surface area contributed by atoms with Crippen molar-refractivity contribution in [3.05, 3.63) is 0 Å². The Morgan fingerprint density at radius 2 is 1.55 bits per heavy atom. The Labute approximate surface area is 120 Å². The normalized spacial score (nSPS) is 46.9. The van der Waals surface area contributed by atoms with Gasteiger partial charge in [-0.25, -0.2) is 0 Å². The van der Waals surface area contributed by atoms with E-state index < -0.39 is 35.1 Å². The topological polar surface area (TPSA) is 72.5 Å². The summed E-state index contributed by atoms with van der Waals surface area (Å²) in [5.41, 5.74) is 0. The first-order valence-electron chi connectivity index (χ1n) is 6.65. The van der Waals surface area contributed by atoms with Crippen molar-refractivity contribution >= 4 is 11.4 Å². The summed E-state index contributed by atoms with van der Waals surface area (Å²) in [5, 5.41) is 0. The van der Waals surface area contributed by atoms with Gasteiger partial charge in [0.1, 0.15) is 24.4 Å². The van der Waals surface area contributed by atoms with E-state index in [1.54, 1.807) is 0 Å². The molecule has 0 aliphatic carbocycles. The first-order chi connectivity index (χ1) is 9.26. The predicted octanol–water partition coefficient (Wildman–Crippen LogP) is 0.652. The highest BCUT2D eigenvalue weighted by molar-refractivity contribution is 7.75. The maximum atomic E-state index is 11.7. The second-order valence-electron chi connectivity index (χ2n) is 6.06. The number of rotatable bonds is 1. The van der Waals surface area contributed by atoms with Crippen LogP contribution >= 0.6 is 0 Å². The summed E-state index contributed by atoms with van der Waals surface area (Å²) in [6.07, 6.45) is -1.68. The summed E-state index contributed by atoms with van der Waals surface area (Å²) in [5.74, 6) is -1.42. The highest BCUT2D eigenvalue weighted by Gasteiger charge is 2.53. The van der Waals surface area contributed by atoms with Crippen LogP contribution in [0.2, 0.25) is 0 Å². The van der Waals surface area contributed by atoms with Gasteiger partial charge in [-0.1, -0.05) is 0 Å². The van der Waals surface area contributed by atoms with Crippen LogP contribution in [0.1, 0.15) is 27.7 Å². The molecular formula is C12H20O7S. The maximum Gasteiger partial charge on any atom is 0.305 e. The lowest BCUT2D eigenvalue weighted by atomic mass is 10.0. The van der Waals surface area contributed by atoms with Crippen LogP contribution in [-0.2, 0) is 38.7 Å². The molecular weight excluding hydrogens is 288 g/mol. The monoisotopic (exact) mass is 308 g/mol. The van der Waals surface area contributed by atoms with Gasteiger partial charge < -0.3 is 18.9 Å². The third-order valence-electron chi connectivity index (χ3n) is 3.46. The molecule has 0 bridgehead atoms. The van der Waals surface area contributed by atoms with E-state index in [1.807, 2.05) is 27.7 Å². The predicted molar refractivity (Wildman–Crippen MR) is 67.7 cm³/mol. The molecule has 0 aromatic carbocycles. The van der Waals surface area contributed by atoms with Crippen molar-refractivity contribution in [2.75, 3.05) is 13.2 Å². The van der Waals surface area contributed by atoms with Crippen molar-refractivity contribution in [2.45, 2.75) is 63.7 Å². The SMILES string of the molecule is CC1(C)OC[C@H]([C@H]2OS(=O)OC[C@H]3OC(C)(C)O[C@@H]23)O1. The minimum Gasteiger partial charge on any atom is -0.348 e. The second-order valence-corrected chi connectivity index (χ2v) is 6.89. The molecule has 0 aromatic heterocycles. The first kappa shape index (κ1) is 14.8. The zero-order valence-corrected chi connectivity index (χ0v) is 12.8. The Morgan fingerprint density at radius 3 is 2.20 bits per heavy atom. The van der Waals surface area contributed by atoms with Gasteiger partial charge in [0, 0.05) is 0 Å². The molecule has 3 saturated heterocycles. The molecule has 20 heavy (non-hydrogen) atoms. The summed E-state index contributed by atoms with van der Waals surface area (Å²) < 4.78 is 45.2. The molecule has 0 radical (unpaired) electrons. The molecule has 0 amide bonds. The summed E-state index contributed by atoms with van der Waals surface area (Å²) in [7, 11) is 0. The molecule has 7 nitrogen and oxygen atoms in total. The molecule has 3 rings (SSSR count). The number of hydrogen-bond donors (Lipinski definition) is 0. The average molecular weight is 308 g/mol. The number of hydrogen-bond acceptors (Lipinski definition) is 7. The Bertz CT molecular complexity index is 411. The Balaban J connectivity index is 1.81. The standard InChI is InChI=1S/C12H20O7S/c1-11(2)14-5-7(16-11)10-9-8(6-15-20(13)19-10)17-12(3,4)18-9/h7-10H,5-6H2,1-4H3/t7-,8-,9-,10-,20?/m1/s1. The fourth-order valence-corrected chi connectivity index (χ4v) is 3.43. The van der Waals surface area contributed by atoms with Crippen LogP contribution in [0.5, 0.6) is 0 Å². The van der Waals surface area contributed by atoms with Crippen LogP contribution in [0.25, 0.3) is 0 Å². The van der Waals surface area contributed by atoms with Gasteiger partial charge in [-0.3, -0.25) is 8.37 Å². The van der Waals surface area contributed by atoms with Crippen LogP contribution in [0.3, 0.4) is 0 Å². The molecule has 0 spiro atoms. The molecule has 3 heterocycles. The van der Waals surface area contributed by atoms with Gasteiger partial charge in [-0.05, 0) is 27.7 Å². The third-order valence-corrected chi connectivity index (χ3v) is 4.17. The minimum atomic E-state index is -1.84. The summed E-state index contributed by atoms with van der Waals surface area (Å²) in [6.45, 7) is 7.81. The summed E-state index contributed by atoms with van der Waals surface area (Å²) in [6, 6.07) is 0. The highest BCUT2D eigenvalue weighted by atomic mass is 32.2. The number of fused-ring (bicyclic) bond motifs is 1. The van der Waals surface area contributed by atoms with Gasteiger partial charge >= 0.3 is 11.4 Å². The van der Waals surface area contributed by atoms with E-state index in [-0.39, 0.29) is 18.8 Å². The molecule has 0 saturated carbocycles. The average Bonchev–Trinajstić information content (AvgIpc) is 2.79. The van der Waals surface area contributed by atoms with E-state index in [2.05, 4.69) is 0 Å². The molecule has 3 aliphatic heterocycles. The lowest BCUT2D eigenvalue weighted by Crippen LogP contribution is -2.46. The van der Waals surface area contributed by atoms with E-state index in [1.165, 1.54) is 0 Å². The molecule has 0 aromatic rings. The molecule has 5 atom stereocenters. The Morgan fingerprint density at radius 1 is 0.900 bits per heavy atom. The smallest absolute Gasteiger partial charge is 0.305 e. The highest BCUT2D eigenvalue weighted by Crippen LogP contribution is 2.37. The molecule has 8 heteroatoms. The first-order valence-corrected chi connectivity index (χ1v) is 7.65. The van der Waals surface area contributed by atoms with Gasteiger partial charge in [0.25, 0.3) is 0 Å².